The van der Waals surface area contributed by atoms with Gasteiger partial charge in [0.15, 0.2) is 0 Å². The van der Waals surface area contributed by atoms with Crippen molar-refractivity contribution in [2.45, 2.75) is 51.7 Å². The van der Waals surface area contributed by atoms with E-state index in [9.17, 15) is 8.42 Å². The highest BCUT2D eigenvalue weighted by Crippen LogP contribution is 2.14. The second-order valence-corrected chi connectivity index (χ2v) is 7.25. The summed E-state index contributed by atoms with van der Waals surface area (Å²) in [5.41, 5.74) is 5.60. The topological polar surface area (TPSA) is 81.4 Å². The summed E-state index contributed by atoms with van der Waals surface area (Å²) in [5.74, 6) is 0.480. The molecule has 2 atom stereocenters. The second-order valence-electron chi connectivity index (χ2n) is 5.45. The van der Waals surface area contributed by atoms with Gasteiger partial charge in [-0.15, -0.1) is 0 Å². The molecule has 0 aliphatic carbocycles. The van der Waals surface area contributed by atoms with Gasteiger partial charge in [0.2, 0.25) is 10.0 Å². The van der Waals surface area contributed by atoms with E-state index in [0.29, 0.717) is 19.1 Å². The van der Waals surface area contributed by atoms with E-state index >= 15 is 0 Å². The Morgan fingerprint density at radius 2 is 2.11 bits per heavy atom. The molecule has 3 N–H and O–H groups in total. The number of rotatable bonds is 7. The van der Waals surface area contributed by atoms with Gasteiger partial charge in [-0.1, -0.05) is 13.8 Å². The Morgan fingerprint density at radius 1 is 1.39 bits per heavy atom. The third kappa shape index (κ3) is 6.13. The van der Waals surface area contributed by atoms with Crippen molar-refractivity contribution >= 4 is 10.0 Å². The largest absolute Gasteiger partial charge is 0.377 e. The summed E-state index contributed by atoms with van der Waals surface area (Å²) in [6, 6.07) is -0.168. The molecule has 1 saturated heterocycles. The van der Waals surface area contributed by atoms with Crippen LogP contribution in [-0.2, 0) is 14.8 Å². The second kappa shape index (κ2) is 7.43. The van der Waals surface area contributed by atoms with E-state index in [1.807, 2.05) is 0 Å². The molecule has 18 heavy (non-hydrogen) atoms. The van der Waals surface area contributed by atoms with Crippen LogP contribution in [0.3, 0.4) is 0 Å². The first-order valence-electron chi connectivity index (χ1n) is 6.74. The van der Waals surface area contributed by atoms with E-state index in [1.165, 1.54) is 0 Å². The normalized spacial score (nSPS) is 23.2. The van der Waals surface area contributed by atoms with Crippen molar-refractivity contribution in [3.63, 3.8) is 0 Å². The van der Waals surface area contributed by atoms with Gasteiger partial charge in [0.05, 0.1) is 11.9 Å². The van der Waals surface area contributed by atoms with Gasteiger partial charge in [0.25, 0.3) is 0 Å². The fraction of sp³-hybridized carbons (Fsp3) is 1.00. The minimum Gasteiger partial charge on any atom is -0.377 e. The van der Waals surface area contributed by atoms with Crippen LogP contribution in [0, 0.1) is 5.92 Å². The predicted molar refractivity (Wildman–Crippen MR) is 72.8 cm³/mol. The third-order valence-electron chi connectivity index (χ3n) is 3.07. The summed E-state index contributed by atoms with van der Waals surface area (Å²) >= 11 is 0. The Kier molecular flexibility index (Phi) is 6.55. The van der Waals surface area contributed by atoms with E-state index in [2.05, 4.69) is 18.6 Å². The summed E-state index contributed by atoms with van der Waals surface area (Å²) < 4.78 is 32.2. The molecule has 0 aromatic heterocycles. The Hall–Kier alpha value is -0.170. The highest BCUT2D eigenvalue weighted by Gasteiger charge is 2.24. The van der Waals surface area contributed by atoms with Crippen LogP contribution in [0.15, 0.2) is 0 Å². The number of sulfonamides is 1. The van der Waals surface area contributed by atoms with Gasteiger partial charge < -0.3 is 10.5 Å². The van der Waals surface area contributed by atoms with Crippen LogP contribution in [0.1, 0.15) is 39.5 Å². The molecule has 1 heterocycles. The fourth-order valence-corrected chi connectivity index (χ4v) is 3.80. The average Bonchev–Trinajstić information content (AvgIpc) is 2.27. The number of ether oxygens (including phenoxy) is 1. The van der Waals surface area contributed by atoms with Crippen LogP contribution in [0.4, 0.5) is 0 Å². The summed E-state index contributed by atoms with van der Waals surface area (Å²) in [6.07, 6.45) is 3.52. The van der Waals surface area contributed by atoms with Crippen molar-refractivity contribution in [1.82, 2.24) is 4.72 Å². The maximum absolute atomic E-state index is 12.0. The zero-order valence-electron chi connectivity index (χ0n) is 11.4. The lowest BCUT2D eigenvalue weighted by Crippen LogP contribution is -2.44. The van der Waals surface area contributed by atoms with Crippen LogP contribution in [0.5, 0.6) is 0 Å². The molecule has 0 radical (unpaired) electrons. The minimum atomic E-state index is -3.29. The van der Waals surface area contributed by atoms with Crippen molar-refractivity contribution in [3.8, 4) is 0 Å². The summed E-state index contributed by atoms with van der Waals surface area (Å²) in [6.45, 7) is 5.12. The molecule has 6 heteroatoms. The molecule has 5 nitrogen and oxygen atoms in total. The van der Waals surface area contributed by atoms with Gasteiger partial charge in [-0.3, -0.25) is 0 Å². The Balaban J connectivity index is 2.46. The molecule has 0 aromatic carbocycles. The zero-order valence-corrected chi connectivity index (χ0v) is 12.2. The van der Waals surface area contributed by atoms with Crippen LogP contribution in [0.2, 0.25) is 0 Å². The third-order valence-corrected chi connectivity index (χ3v) is 4.57. The molecular formula is C12H26N2O3S. The van der Waals surface area contributed by atoms with Crippen molar-refractivity contribution in [2.24, 2.45) is 11.7 Å². The molecule has 0 unspecified atom stereocenters. The van der Waals surface area contributed by atoms with Gasteiger partial charge in [-0.05, 0) is 31.6 Å². The molecule has 0 amide bonds. The van der Waals surface area contributed by atoms with Gasteiger partial charge in [0, 0.05) is 19.2 Å². The first-order valence-corrected chi connectivity index (χ1v) is 8.40. The Bertz CT molecular complexity index is 324. The quantitative estimate of drug-likeness (QED) is 0.723. The monoisotopic (exact) mass is 278 g/mol. The smallest absolute Gasteiger partial charge is 0.214 e. The maximum Gasteiger partial charge on any atom is 0.214 e. The van der Waals surface area contributed by atoms with Crippen molar-refractivity contribution in [2.75, 3.05) is 18.9 Å². The lowest BCUT2D eigenvalue weighted by molar-refractivity contribution is 0.0303. The molecule has 1 fully saturated rings. The van der Waals surface area contributed by atoms with Gasteiger partial charge in [-0.25, -0.2) is 13.1 Å². The SMILES string of the molecule is CC(C)C[C@H](CN)NS(=O)(=O)C[C@H]1CCCCO1. The molecule has 0 spiro atoms. The minimum absolute atomic E-state index is 0.0571. The Morgan fingerprint density at radius 3 is 2.61 bits per heavy atom. The Labute approximate surface area is 111 Å². The van der Waals surface area contributed by atoms with Crippen molar-refractivity contribution in [1.29, 1.82) is 0 Å². The summed E-state index contributed by atoms with van der Waals surface area (Å²) in [5, 5.41) is 0. The van der Waals surface area contributed by atoms with Gasteiger partial charge in [0.1, 0.15) is 0 Å². The predicted octanol–water partition coefficient (Wildman–Crippen LogP) is 0.848. The van der Waals surface area contributed by atoms with Gasteiger partial charge in [-0.2, -0.15) is 0 Å². The molecule has 1 aliphatic rings. The van der Waals surface area contributed by atoms with E-state index in [-0.39, 0.29) is 17.9 Å². The van der Waals surface area contributed by atoms with E-state index in [4.69, 9.17) is 10.5 Å². The first-order chi connectivity index (χ1) is 8.43. The molecule has 0 bridgehead atoms. The van der Waals surface area contributed by atoms with E-state index < -0.39 is 10.0 Å². The first kappa shape index (κ1) is 15.9. The summed E-state index contributed by atoms with van der Waals surface area (Å²) in [7, 11) is -3.29. The highest BCUT2D eigenvalue weighted by atomic mass is 32.2. The van der Waals surface area contributed by atoms with Gasteiger partial charge >= 0.3 is 0 Å². The molecule has 108 valence electrons. The number of hydrogen-bond donors (Lipinski definition) is 2. The molecular weight excluding hydrogens is 252 g/mol. The zero-order chi connectivity index (χ0) is 13.6. The van der Waals surface area contributed by atoms with E-state index in [1.54, 1.807) is 0 Å². The van der Waals surface area contributed by atoms with Crippen LogP contribution >= 0.6 is 0 Å². The molecule has 0 aromatic rings. The lowest BCUT2D eigenvalue weighted by atomic mass is 10.1. The average molecular weight is 278 g/mol. The van der Waals surface area contributed by atoms with Crippen molar-refractivity contribution < 1.29 is 13.2 Å². The van der Waals surface area contributed by atoms with Crippen LogP contribution in [-0.4, -0.2) is 39.5 Å². The number of hydrogen-bond acceptors (Lipinski definition) is 4. The van der Waals surface area contributed by atoms with Crippen LogP contribution in [0.25, 0.3) is 0 Å². The molecule has 0 saturated carbocycles. The lowest BCUT2D eigenvalue weighted by Gasteiger charge is -2.24. The molecule has 1 rings (SSSR count). The van der Waals surface area contributed by atoms with E-state index in [0.717, 1.165) is 25.7 Å². The standard InChI is InChI=1S/C12H26N2O3S/c1-10(2)7-11(8-13)14-18(15,16)9-12-5-3-4-6-17-12/h10-12,14H,3-9,13H2,1-2H3/t11-,12-/m1/s1. The fourth-order valence-electron chi connectivity index (χ4n) is 2.25. The maximum atomic E-state index is 12.0. The molecule has 1 aliphatic heterocycles. The number of nitrogens with two attached hydrogens (primary N) is 1. The highest BCUT2D eigenvalue weighted by molar-refractivity contribution is 7.89. The summed E-state index contributed by atoms with van der Waals surface area (Å²) in [4.78, 5) is 0. The van der Waals surface area contributed by atoms with Crippen molar-refractivity contribution in [3.05, 3.63) is 0 Å². The van der Waals surface area contributed by atoms with Crippen LogP contribution < -0.4 is 10.5 Å². The number of nitrogens with one attached hydrogen (secondary N) is 1.